The molecule has 1 aromatic carbocycles. The minimum Gasteiger partial charge on any atom is -0.225 e. The molecule has 6 nitrogen and oxygen atoms in total. The van der Waals surface area contributed by atoms with Crippen LogP contribution in [0, 0.1) is 0 Å². The number of halogens is 6. The molecule has 0 amide bonds. The van der Waals surface area contributed by atoms with E-state index in [1.807, 2.05) is 0 Å². The zero-order valence-corrected chi connectivity index (χ0v) is 12.1. The Bertz CT molecular complexity index is 691. The fraction of sp³-hybridized carbons (Fsp3) is 0.333. The van der Waals surface area contributed by atoms with E-state index in [0.29, 0.717) is 0 Å². The highest BCUT2D eigenvalue weighted by molar-refractivity contribution is 7.88. The Kier molecular flexibility index (Phi) is 5.35. The highest BCUT2D eigenvalue weighted by Gasteiger charge is 2.53. The summed E-state index contributed by atoms with van der Waals surface area (Å²) in [5.41, 5.74) is -12.7. The van der Waals surface area contributed by atoms with Crippen molar-refractivity contribution >= 4 is 20.2 Å². The average molecular weight is 388 g/mol. The standard InChI is InChI=1S/C9H6F6O6S2/c10-8(11,12)22(16,17)20-7(6-4-2-1-3-5-6)21-23(18,19)9(13,14)15/h1-5,7H. The van der Waals surface area contributed by atoms with Gasteiger partial charge in [0.1, 0.15) is 0 Å². The molecule has 0 unspecified atom stereocenters. The van der Waals surface area contributed by atoms with Crippen molar-refractivity contribution in [3.05, 3.63) is 35.9 Å². The van der Waals surface area contributed by atoms with Crippen molar-refractivity contribution in [2.24, 2.45) is 0 Å². The zero-order chi connectivity index (χ0) is 18.1. The molecule has 0 aliphatic rings. The summed E-state index contributed by atoms with van der Waals surface area (Å²) in [6, 6.07) is 5.05. The van der Waals surface area contributed by atoms with Crippen LogP contribution < -0.4 is 0 Å². The van der Waals surface area contributed by atoms with Crippen LogP contribution in [0.25, 0.3) is 0 Å². The van der Waals surface area contributed by atoms with E-state index in [9.17, 15) is 43.2 Å². The molecule has 0 aliphatic heterocycles. The lowest BCUT2D eigenvalue weighted by Crippen LogP contribution is -2.32. The van der Waals surface area contributed by atoms with Crippen LogP contribution in [0.5, 0.6) is 0 Å². The lowest BCUT2D eigenvalue weighted by molar-refractivity contribution is -0.0872. The molecule has 0 radical (unpaired) electrons. The predicted octanol–water partition coefficient (Wildman–Crippen LogP) is 2.42. The Morgan fingerprint density at radius 3 is 1.39 bits per heavy atom. The van der Waals surface area contributed by atoms with Crippen LogP contribution in [0.2, 0.25) is 0 Å². The maximum atomic E-state index is 12.2. The average Bonchev–Trinajstić information content (AvgIpc) is 2.35. The van der Waals surface area contributed by atoms with E-state index in [0.717, 1.165) is 24.3 Å². The molecule has 0 saturated carbocycles. The first-order valence-electron chi connectivity index (χ1n) is 5.21. The molecule has 14 heteroatoms. The van der Waals surface area contributed by atoms with Crippen LogP contribution >= 0.6 is 0 Å². The second kappa shape index (κ2) is 6.26. The number of rotatable bonds is 5. The minimum atomic E-state index is -6.42. The number of hydrogen-bond acceptors (Lipinski definition) is 6. The Labute approximate surface area is 125 Å². The normalized spacial score (nSPS) is 14.2. The topological polar surface area (TPSA) is 86.7 Å². The van der Waals surface area contributed by atoms with E-state index in [4.69, 9.17) is 0 Å². The van der Waals surface area contributed by atoms with Gasteiger partial charge in [0, 0.05) is 5.56 Å². The van der Waals surface area contributed by atoms with Gasteiger partial charge in [0.25, 0.3) is 0 Å². The van der Waals surface area contributed by atoms with E-state index in [1.54, 1.807) is 0 Å². The molecule has 132 valence electrons. The van der Waals surface area contributed by atoms with E-state index in [1.165, 1.54) is 6.07 Å². The molecule has 0 aromatic heterocycles. The van der Waals surface area contributed by atoms with Crippen molar-refractivity contribution in [1.82, 2.24) is 0 Å². The summed E-state index contributed by atoms with van der Waals surface area (Å²) in [6.07, 6.45) is -3.01. The smallest absolute Gasteiger partial charge is 0.225 e. The molecule has 0 atom stereocenters. The molecular formula is C9H6F6O6S2. The number of alkyl halides is 6. The summed E-state index contributed by atoms with van der Waals surface area (Å²) in [5, 5.41) is 0. The van der Waals surface area contributed by atoms with Crippen LogP contribution in [-0.2, 0) is 28.6 Å². The van der Waals surface area contributed by atoms with Crippen molar-refractivity contribution in [3.8, 4) is 0 Å². The lowest BCUT2D eigenvalue weighted by Gasteiger charge is -2.19. The monoisotopic (exact) mass is 388 g/mol. The SMILES string of the molecule is O=S(=O)(OC(OS(=O)(=O)C(F)(F)F)c1ccccc1)C(F)(F)F. The molecule has 0 spiro atoms. The molecule has 1 rings (SSSR count). The third kappa shape index (κ3) is 4.79. The van der Waals surface area contributed by atoms with Crippen LogP contribution in [0.3, 0.4) is 0 Å². The second-order valence-corrected chi connectivity index (χ2v) is 6.86. The van der Waals surface area contributed by atoms with Gasteiger partial charge in [-0.05, 0) is 0 Å². The quantitative estimate of drug-likeness (QED) is 0.333. The third-order valence-electron chi connectivity index (χ3n) is 2.07. The van der Waals surface area contributed by atoms with Crippen molar-refractivity contribution in [3.63, 3.8) is 0 Å². The van der Waals surface area contributed by atoms with Gasteiger partial charge in [-0.1, -0.05) is 30.3 Å². The summed E-state index contributed by atoms with van der Waals surface area (Å²) in [5.74, 6) is 0. The molecule has 0 bridgehead atoms. The van der Waals surface area contributed by atoms with Crippen LogP contribution in [-0.4, -0.2) is 27.9 Å². The maximum Gasteiger partial charge on any atom is 0.523 e. The number of hydrogen-bond donors (Lipinski definition) is 0. The third-order valence-corrected chi connectivity index (χ3v) is 4.06. The molecule has 23 heavy (non-hydrogen) atoms. The Balaban J connectivity index is 3.26. The van der Waals surface area contributed by atoms with Crippen LogP contribution in [0.15, 0.2) is 30.3 Å². The van der Waals surface area contributed by atoms with Gasteiger partial charge >= 0.3 is 31.3 Å². The Morgan fingerprint density at radius 1 is 0.739 bits per heavy atom. The fourth-order valence-electron chi connectivity index (χ4n) is 1.08. The van der Waals surface area contributed by atoms with Gasteiger partial charge in [-0.3, -0.25) is 0 Å². The molecule has 0 aliphatic carbocycles. The van der Waals surface area contributed by atoms with Crippen molar-refractivity contribution in [2.75, 3.05) is 0 Å². The minimum absolute atomic E-state index is 0.701. The van der Waals surface area contributed by atoms with Crippen molar-refractivity contribution in [2.45, 2.75) is 17.3 Å². The largest absolute Gasteiger partial charge is 0.523 e. The fourth-order valence-corrected chi connectivity index (χ4v) is 2.11. The first-order valence-corrected chi connectivity index (χ1v) is 8.03. The van der Waals surface area contributed by atoms with E-state index < -0.39 is 43.1 Å². The van der Waals surface area contributed by atoms with Gasteiger partial charge in [0.2, 0.25) is 6.29 Å². The highest BCUT2D eigenvalue weighted by Crippen LogP contribution is 2.35. The summed E-state index contributed by atoms with van der Waals surface area (Å²) >= 11 is 0. The highest BCUT2D eigenvalue weighted by atomic mass is 32.2. The summed E-state index contributed by atoms with van der Waals surface area (Å²) in [6.45, 7) is 0. The van der Waals surface area contributed by atoms with Crippen molar-refractivity contribution < 1.29 is 51.5 Å². The van der Waals surface area contributed by atoms with Gasteiger partial charge in [0.05, 0.1) is 0 Å². The van der Waals surface area contributed by atoms with E-state index in [-0.39, 0.29) is 0 Å². The molecule has 0 N–H and O–H groups in total. The Hall–Kier alpha value is -1.38. The maximum absolute atomic E-state index is 12.2. The number of benzene rings is 1. The molecule has 0 fully saturated rings. The lowest BCUT2D eigenvalue weighted by atomic mass is 10.2. The second-order valence-electron chi connectivity index (χ2n) is 3.73. The first kappa shape index (κ1) is 19.7. The van der Waals surface area contributed by atoms with E-state index >= 15 is 0 Å². The predicted molar refractivity (Wildman–Crippen MR) is 61.3 cm³/mol. The molecular weight excluding hydrogens is 382 g/mol. The van der Waals surface area contributed by atoms with E-state index in [2.05, 4.69) is 8.37 Å². The summed E-state index contributed by atoms with van der Waals surface area (Å²) < 4.78 is 124. The molecule has 0 saturated heterocycles. The van der Waals surface area contributed by atoms with Gasteiger partial charge in [0.15, 0.2) is 0 Å². The zero-order valence-electron chi connectivity index (χ0n) is 10.5. The van der Waals surface area contributed by atoms with Crippen molar-refractivity contribution in [1.29, 1.82) is 0 Å². The van der Waals surface area contributed by atoms with Crippen LogP contribution in [0.1, 0.15) is 11.9 Å². The Morgan fingerprint density at radius 2 is 1.09 bits per heavy atom. The van der Waals surface area contributed by atoms with Gasteiger partial charge in [-0.15, -0.1) is 0 Å². The van der Waals surface area contributed by atoms with Gasteiger partial charge in [-0.25, -0.2) is 8.37 Å². The summed E-state index contributed by atoms with van der Waals surface area (Å²) in [4.78, 5) is 0. The first-order chi connectivity index (χ1) is 10.2. The summed E-state index contributed by atoms with van der Waals surface area (Å²) in [7, 11) is -12.8. The molecule has 1 aromatic rings. The molecule has 0 heterocycles. The van der Waals surface area contributed by atoms with Gasteiger partial charge < -0.3 is 0 Å². The van der Waals surface area contributed by atoms with Crippen LogP contribution in [0.4, 0.5) is 26.3 Å². The van der Waals surface area contributed by atoms with Gasteiger partial charge in [-0.2, -0.15) is 43.2 Å².